The number of rotatable bonds is 6. The average molecular weight is 184 g/mol. The number of hydrogen-bond acceptors (Lipinski definition) is 3. The Hall–Kier alpha value is -0.990. The Labute approximate surface area is 80.5 Å². The highest BCUT2D eigenvalue weighted by Gasteiger charge is 1.95. The molecule has 0 aromatic carbocycles. The molecule has 0 amide bonds. The molecular formula is C10H20N2O. The largest absolute Gasteiger partial charge is 0.484 e. The van der Waals surface area contributed by atoms with E-state index in [4.69, 9.17) is 15.9 Å². The van der Waals surface area contributed by atoms with Crippen molar-refractivity contribution >= 4 is 5.90 Å². The second-order valence-corrected chi connectivity index (χ2v) is 3.20. The van der Waals surface area contributed by atoms with Crippen LogP contribution in [0.2, 0.25) is 0 Å². The molecule has 76 valence electrons. The Morgan fingerprint density at radius 3 is 2.46 bits per heavy atom. The van der Waals surface area contributed by atoms with Gasteiger partial charge in [-0.2, -0.15) is 0 Å². The lowest BCUT2D eigenvalue weighted by atomic mass is 10.1. The van der Waals surface area contributed by atoms with Crippen LogP contribution in [0.3, 0.4) is 0 Å². The molecule has 3 heteroatoms. The number of ether oxygens (including phenoxy) is 1. The highest BCUT2D eigenvalue weighted by atomic mass is 16.5. The van der Waals surface area contributed by atoms with Gasteiger partial charge in [-0.3, -0.25) is 5.41 Å². The van der Waals surface area contributed by atoms with E-state index in [1.807, 2.05) is 6.92 Å². The van der Waals surface area contributed by atoms with E-state index in [9.17, 15) is 0 Å². The van der Waals surface area contributed by atoms with Gasteiger partial charge in [-0.1, -0.05) is 12.0 Å². The third-order valence-corrected chi connectivity index (χ3v) is 2.01. The SMILES string of the molecule is COC(=N)CCCCC/C(C)=C\N. The van der Waals surface area contributed by atoms with Gasteiger partial charge in [0.1, 0.15) is 0 Å². The van der Waals surface area contributed by atoms with Crippen LogP contribution in [0.1, 0.15) is 39.0 Å². The maximum atomic E-state index is 7.24. The van der Waals surface area contributed by atoms with Crippen LogP contribution in [0.5, 0.6) is 0 Å². The van der Waals surface area contributed by atoms with Gasteiger partial charge in [0.05, 0.1) is 7.11 Å². The van der Waals surface area contributed by atoms with Gasteiger partial charge in [0, 0.05) is 6.42 Å². The second kappa shape index (κ2) is 7.65. The van der Waals surface area contributed by atoms with Crippen LogP contribution >= 0.6 is 0 Å². The predicted octanol–water partition coefficient (Wildman–Crippen LogP) is 2.42. The zero-order valence-electron chi connectivity index (χ0n) is 8.60. The van der Waals surface area contributed by atoms with Crippen LogP contribution in [-0.2, 0) is 4.74 Å². The summed E-state index contributed by atoms with van der Waals surface area (Å²) in [6, 6.07) is 0. The Morgan fingerprint density at radius 1 is 1.31 bits per heavy atom. The van der Waals surface area contributed by atoms with Gasteiger partial charge in [-0.25, -0.2) is 0 Å². The minimum absolute atomic E-state index is 0.381. The Kier molecular flexibility index (Phi) is 7.07. The van der Waals surface area contributed by atoms with Crippen molar-refractivity contribution in [3.05, 3.63) is 11.8 Å². The van der Waals surface area contributed by atoms with Crippen LogP contribution in [-0.4, -0.2) is 13.0 Å². The first-order valence-corrected chi connectivity index (χ1v) is 4.69. The molecule has 0 rings (SSSR count). The highest BCUT2D eigenvalue weighted by molar-refractivity contribution is 5.72. The molecule has 13 heavy (non-hydrogen) atoms. The quantitative estimate of drug-likeness (QED) is 0.378. The van der Waals surface area contributed by atoms with Crippen molar-refractivity contribution in [2.24, 2.45) is 5.73 Å². The number of nitrogens with two attached hydrogens (primary N) is 1. The summed E-state index contributed by atoms with van der Waals surface area (Å²) in [5.74, 6) is 0.381. The molecule has 0 aromatic heterocycles. The van der Waals surface area contributed by atoms with E-state index in [-0.39, 0.29) is 0 Å². The van der Waals surface area contributed by atoms with Crippen molar-refractivity contribution in [1.29, 1.82) is 5.41 Å². The zero-order valence-corrected chi connectivity index (χ0v) is 8.60. The molecule has 0 fully saturated rings. The first-order valence-electron chi connectivity index (χ1n) is 4.69. The molecule has 0 atom stereocenters. The fraction of sp³-hybridized carbons (Fsp3) is 0.700. The van der Waals surface area contributed by atoms with Crippen LogP contribution in [0.4, 0.5) is 0 Å². The van der Waals surface area contributed by atoms with Gasteiger partial charge in [-0.15, -0.1) is 0 Å². The van der Waals surface area contributed by atoms with Crippen LogP contribution in [0.25, 0.3) is 0 Å². The van der Waals surface area contributed by atoms with E-state index in [0.717, 1.165) is 32.1 Å². The first kappa shape index (κ1) is 12.0. The smallest absolute Gasteiger partial charge is 0.180 e. The van der Waals surface area contributed by atoms with Crippen molar-refractivity contribution < 1.29 is 4.74 Å². The zero-order chi connectivity index (χ0) is 10.1. The molecule has 0 bridgehead atoms. The number of allylic oxidation sites excluding steroid dienone is 1. The normalized spacial score (nSPS) is 11.4. The third kappa shape index (κ3) is 7.37. The molecule has 0 aliphatic carbocycles. The van der Waals surface area contributed by atoms with E-state index < -0.39 is 0 Å². The molecule has 0 saturated carbocycles. The number of unbranched alkanes of at least 4 members (excludes halogenated alkanes) is 2. The molecule has 0 spiro atoms. The lowest BCUT2D eigenvalue weighted by molar-refractivity contribution is 0.383. The van der Waals surface area contributed by atoms with Crippen molar-refractivity contribution in [2.75, 3.05) is 7.11 Å². The summed E-state index contributed by atoms with van der Waals surface area (Å²) in [5, 5.41) is 7.24. The standard InChI is InChI=1S/C10H20N2O/c1-9(8-11)6-4-3-5-7-10(12)13-2/h8,12H,3-7,11H2,1-2H3/b9-8-,12-10?. The summed E-state index contributed by atoms with van der Waals surface area (Å²) in [4.78, 5) is 0. The fourth-order valence-corrected chi connectivity index (χ4v) is 1.05. The monoisotopic (exact) mass is 184 g/mol. The van der Waals surface area contributed by atoms with E-state index >= 15 is 0 Å². The van der Waals surface area contributed by atoms with Crippen molar-refractivity contribution in [1.82, 2.24) is 0 Å². The van der Waals surface area contributed by atoms with Gasteiger partial charge in [0.2, 0.25) is 0 Å². The molecule has 0 heterocycles. The van der Waals surface area contributed by atoms with Gasteiger partial charge < -0.3 is 10.5 Å². The maximum absolute atomic E-state index is 7.24. The Bertz CT molecular complexity index is 176. The van der Waals surface area contributed by atoms with Gasteiger partial charge in [-0.05, 0) is 32.4 Å². The molecular weight excluding hydrogens is 164 g/mol. The molecule has 0 unspecified atom stereocenters. The van der Waals surface area contributed by atoms with Crippen LogP contribution in [0, 0.1) is 5.41 Å². The molecule has 3 nitrogen and oxygen atoms in total. The molecule has 0 aliphatic heterocycles. The lowest BCUT2D eigenvalue weighted by Crippen LogP contribution is -1.98. The van der Waals surface area contributed by atoms with E-state index in [1.54, 1.807) is 13.3 Å². The third-order valence-electron chi connectivity index (χ3n) is 2.01. The minimum Gasteiger partial charge on any atom is -0.484 e. The first-order chi connectivity index (χ1) is 6.20. The Balaban J connectivity index is 3.22. The van der Waals surface area contributed by atoms with Gasteiger partial charge in [0.25, 0.3) is 0 Å². The summed E-state index contributed by atoms with van der Waals surface area (Å²) in [6.07, 6.45) is 6.80. The van der Waals surface area contributed by atoms with E-state index in [0.29, 0.717) is 5.90 Å². The molecule has 0 saturated heterocycles. The number of methoxy groups -OCH3 is 1. The van der Waals surface area contributed by atoms with Gasteiger partial charge in [0.15, 0.2) is 5.90 Å². The topological polar surface area (TPSA) is 59.1 Å². The summed E-state index contributed by atoms with van der Waals surface area (Å²) in [7, 11) is 1.55. The molecule has 3 N–H and O–H groups in total. The lowest BCUT2D eigenvalue weighted by Gasteiger charge is -2.02. The maximum Gasteiger partial charge on any atom is 0.180 e. The number of nitrogens with one attached hydrogen (secondary N) is 1. The fourth-order valence-electron chi connectivity index (χ4n) is 1.05. The minimum atomic E-state index is 0.381. The van der Waals surface area contributed by atoms with E-state index in [2.05, 4.69) is 0 Å². The number of hydrogen-bond donors (Lipinski definition) is 2. The second-order valence-electron chi connectivity index (χ2n) is 3.20. The van der Waals surface area contributed by atoms with Crippen molar-refractivity contribution in [2.45, 2.75) is 39.0 Å². The predicted molar refractivity (Wildman–Crippen MR) is 55.8 cm³/mol. The summed E-state index contributed by atoms with van der Waals surface area (Å²) in [6.45, 7) is 2.04. The Morgan fingerprint density at radius 2 is 1.92 bits per heavy atom. The van der Waals surface area contributed by atoms with Crippen LogP contribution < -0.4 is 5.73 Å². The molecule has 0 radical (unpaired) electrons. The van der Waals surface area contributed by atoms with Crippen molar-refractivity contribution in [3.8, 4) is 0 Å². The van der Waals surface area contributed by atoms with Crippen LogP contribution in [0.15, 0.2) is 11.8 Å². The van der Waals surface area contributed by atoms with Gasteiger partial charge >= 0.3 is 0 Å². The molecule has 0 aromatic rings. The van der Waals surface area contributed by atoms with Crippen molar-refractivity contribution in [3.63, 3.8) is 0 Å². The van der Waals surface area contributed by atoms with E-state index in [1.165, 1.54) is 5.57 Å². The molecule has 0 aliphatic rings. The average Bonchev–Trinajstić information content (AvgIpc) is 2.16. The highest BCUT2D eigenvalue weighted by Crippen LogP contribution is 2.08. The summed E-state index contributed by atoms with van der Waals surface area (Å²) in [5.41, 5.74) is 6.58. The summed E-state index contributed by atoms with van der Waals surface area (Å²) < 4.78 is 4.75. The summed E-state index contributed by atoms with van der Waals surface area (Å²) >= 11 is 0.